The van der Waals surface area contributed by atoms with Crippen LogP contribution in [-0.2, 0) is 5.11 Å². The van der Waals surface area contributed by atoms with E-state index < -0.39 is 6.10 Å². The fraction of sp³-hybridized carbons (Fsp3) is 1.00. The third kappa shape index (κ3) is 3.92. The molecular weight excluding hydrogens is 68.0 g/mol. The van der Waals surface area contributed by atoms with Gasteiger partial charge in [0, 0.05) is 0 Å². The third-order valence-electron chi connectivity index (χ3n) is 0.241. The smallest absolute Gasteiger partial charge is 0.108 e. The van der Waals surface area contributed by atoms with Gasteiger partial charge in [0.25, 0.3) is 0 Å². The molecular formula is C3H7O2. The molecule has 0 aliphatic carbocycles. The molecule has 0 amide bonds. The van der Waals surface area contributed by atoms with E-state index in [1.165, 1.54) is 6.92 Å². The predicted molar refractivity (Wildman–Crippen MR) is 17.2 cm³/mol. The number of hydrogen-bond donors (Lipinski definition) is 1. The summed E-state index contributed by atoms with van der Waals surface area (Å²) in [7, 11) is 0. The molecule has 2 heteroatoms. The lowest BCUT2D eigenvalue weighted by Gasteiger charge is -1.87. The molecule has 1 atom stereocenters. The zero-order valence-corrected chi connectivity index (χ0v) is 3.14. The first-order valence-corrected chi connectivity index (χ1v) is 1.53. The summed E-state index contributed by atoms with van der Waals surface area (Å²) in [6, 6.07) is 0. The Balaban J connectivity index is 2.54. The van der Waals surface area contributed by atoms with Crippen molar-refractivity contribution in [1.82, 2.24) is 0 Å². The number of hydrogen-bond acceptors (Lipinski definition) is 1. The van der Waals surface area contributed by atoms with Gasteiger partial charge >= 0.3 is 0 Å². The van der Waals surface area contributed by atoms with Crippen LogP contribution in [0.2, 0.25) is 0 Å². The lowest BCUT2D eigenvalue weighted by Crippen LogP contribution is -2.02. The van der Waals surface area contributed by atoms with E-state index in [0.717, 1.165) is 0 Å². The van der Waals surface area contributed by atoms with Gasteiger partial charge in [-0.3, -0.25) is 0 Å². The summed E-state index contributed by atoms with van der Waals surface area (Å²) in [4.78, 5) is 0. The average Bonchev–Trinajstić information content (AvgIpc) is 1.38. The Bertz CT molecular complexity index is 18.9. The molecule has 0 saturated carbocycles. The van der Waals surface area contributed by atoms with Crippen LogP contribution in [-0.4, -0.2) is 17.8 Å². The number of aliphatic hydroxyl groups excluding tert-OH is 1. The largest absolute Gasteiger partial charge is 0.391 e. The van der Waals surface area contributed by atoms with Gasteiger partial charge in [-0.1, -0.05) is 0 Å². The molecule has 0 aromatic heterocycles. The maximum absolute atomic E-state index is 9.38. The van der Waals surface area contributed by atoms with Crippen molar-refractivity contribution in [2.45, 2.75) is 13.0 Å². The van der Waals surface area contributed by atoms with E-state index in [0.29, 0.717) is 0 Å². The lowest BCUT2D eigenvalue weighted by molar-refractivity contribution is 0.0672. The van der Waals surface area contributed by atoms with Crippen molar-refractivity contribution in [3.05, 3.63) is 0 Å². The van der Waals surface area contributed by atoms with Crippen molar-refractivity contribution in [1.29, 1.82) is 0 Å². The van der Waals surface area contributed by atoms with Crippen LogP contribution in [0.25, 0.3) is 0 Å². The first-order chi connectivity index (χ1) is 2.27. The van der Waals surface area contributed by atoms with Crippen LogP contribution in [0.15, 0.2) is 0 Å². The second-order valence-electron chi connectivity index (χ2n) is 1.02. The molecule has 31 valence electrons. The van der Waals surface area contributed by atoms with Gasteiger partial charge in [0.2, 0.25) is 0 Å². The standard InChI is InChI=1S/C3H7O2/c1-3(5)2-4/h3,5H,2H2,1H3. The highest BCUT2D eigenvalue weighted by Gasteiger charge is 1.85. The molecule has 1 N–H and O–H groups in total. The predicted octanol–water partition coefficient (Wildman–Crippen LogP) is -0.202. The molecule has 0 heterocycles. The summed E-state index contributed by atoms with van der Waals surface area (Å²) < 4.78 is 0. The van der Waals surface area contributed by atoms with Gasteiger partial charge in [-0.2, -0.15) is 0 Å². The molecule has 1 unspecified atom stereocenters. The Morgan fingerprint density at radius 1 is 2.00 bits per heavy atom. The van der Waals surface area contributed by atoms with Crippen molar-refractivity contribution < 1.29 is 10.2 Å². The lowest BCUT2D eigenvalue weighted by atomic mass is 10.5. The van der Waals surface area contributed by atoms with E-state index in [-0.39, 0.29) is 6.61 Å². The average molecular weight is 75.1 g/mol. The summed E-state index contributed by atoms with van der Waals surface area (Å²) in [5, 5.41) is 17.4. The van der Waals surface area contributed by atoms with Crippen LogP contribution in [0.5, 0.6) is 0 Å². The highest BCUT2D eigenvalue weighted by Crippen LogP contribution is 1.69. The van der Waals surface area contributed by atoms with Crippen molar-refractivity contribution in [3.63, 3.8) is 0 Å². The quantitative estimate of drug-likeness (QED) is 0.460. The number of aliphatic hydroxyl groups is 1. The van der Waals surface area contributed by atoms with Gasteiger partial charge < -0.3 is 5.11 Å². The fourth-order valence-corrected chi connectivity index (χ4v) is 0. The summed E-state index contributed by atoms with van der Waals surface area (Å²) in [5.74, 6) is 0. The minimum Gasteiger partial charge on any atom is -0.391 e. The molecule has 0 bridgehead atoms. The van der Waals surface area contributed by atoms with E-state index in [4.69, 9.17) is 5.11 Å². The number of rotatable bonds is 1. The molecule has 0 aliphatic rings. The second kappa shape index (κ2) is 2.18. The Hall–Kier alpha value is -0.0800. The van der Waals surface area contributed by atoms with Gasteiger partial charge in [-0.15, -0.1) is 0 Å². The Kier molecular flexibility index (Phi) is 2.14. The van der Waals surface area contributed by atoms with Gasteiger partial charge in [-0.05, 0) is 6.92 Å². The highest BCUT2D eigenvalue weighted by atomic mass is 16.3. The molecule has 0 fully saturated rings. The van der Waals surface area contributed by atoms with Crippen LogP contribution in [0.4, 0.5) is 0 Å². The minimum atomic E-state index is -0.671. The molecule has 0 aliphatic heterocycles. The van der Waals surface area contributed by atoms with Crippen molar-refractivity contribution in [2.75, 3.05) is 6.61 Å². The molecule has 5 heavy (non-hydrogen) atoms. The minimum absolute atomic E-state index is 0.389. The van der Waals surface area contributed by atoms with E-state index in [9.17, 15) is 5.11 Å². The maximum Gasteiger partial charge on any atom is 0.108 e. The Morgan fingerprint density at radius 3 is 2.20 bits per heavy atom. The van der Waals surface area contributed by atoms with Crippen LogP contribution in [0, 0.1) is 0 Å². The van der Waals surface area contributed by atoms with Gasteiger partial charge in [0.1, 0.15) is 6.61 Å². The van der Waals surface area contributed by atoms with Gasteiger partial charge in [0.15, 0.2) is 0 Å². The second-order valence-corrected chi connectivity index (χ2v) is 1.02. The molecule has 0 rings (SSSR count). The molecule has 2 nitrogen and oxygen atoms in total. The highest BCUT2D eigenvalue weighted by molar-refractivity contribution is 4.33. The van der Waals surface area contributed by atoms with Crippen molar-refractivity contribution in [2.24, 2.45) is 0 Å². The summed E-state index contributed by atoms with van der Waals surface area (Å²) in [5.41, 5.74) is 0. The maximum atomic E-state index is 9.38. The zero-order chi connectivity index (χ0) is 4.28. The summed E-state index contributed by atoms with van der Waals surface area (Å²) in [6.07, 6.45) is -0.671. The van der Waals surface area contributed by atoms with Crippen LogP contribution in [0.1, 0.15) is 6.92 Å². The SMILES string of the molecule is CC(O)C[O]. The monoisotopic (exact) mass is 75.0 g/mol. The van der Waals surface area contributed by atoms with Gasteiger partial charge in [-0.25, -0.2) is 5.11 Å². The van der Waals surface area contributed by atoms with Crippen molar-refractivity contribution >= 4 is 0 Å². The van der Waals surface area contributed by atoms with Crippen LogP contribution >= 0.6 is 0 Å². The van der Waals surface area contributed by atoms with Crippen LogP contribution < -0.4 is 0 Å². The third-order valence-corrected chi connectivity index (χ3v) is 0.241. The molecule has 1 radical (unpaired) electrons. The van der Waals surface area contributed by atoms with E-state index in [1.54, 1.807) is 0 Å². The zero-order valence-electron chi connectivity index (χ0n) is 3.14. The Morgan fingerprint density at radius 2 is 2.20 bits per heavy atom. The van der Waals surface area contributed by atoms with E-state index >= 15 is 0 Å². The van der Waals surface area contributed by atoms with Crippen molar-refractivity contribution in [3.8, 4) is 0 Å². The van der Waals surface area contributed by atoms with E-state index in [1.807, 2.05) is 0 Å². The topological polar surface area (TPSA) is 40.1 Å². The summed E-state index contributed by atoms with van der Waals surface area (Å²) in [6.45, 7) is 1.08. The fourth-order valence-electron chi connectivity index (χ4n) is 0. The first kappa shape index (κ1) is 4.92. The van der Waals surface area contributed by atoms with Gasteiger partial charge in [0.05, 0.1) is 6.10 Å². The molecule has 0 aromatic rings. The van der Waals surface area contributed by atoms with E-state index in [2.05, 4.69) is 0 Å². The first-order valence-electron chi connectivity index (χ1n) is 1.53. The molecule has 0 aromatic carbocycles. The Labute approximate surface area is 31.1 Å². The summed E-state index contributed by atoms with van der Waals surface area (Å²) >= 11 is 0. The molecule has 0 saturated heterocycles. The van der Waals surface area contributed by atoms with Crippen LogP contribution in [0.3, 0.4) is 0 Å². The molecule has 0 spiro atoms. The normalized spacial score (nSPS) is 15.0.